The van der Waals surface area contributed by atoms with Gasteiger partial charge in [-0.3, -0.25) is 4.79 Å². The van der Waals surface area contributed by atoms with Crippen LogP contribution in [0.5, 0.6) is 0 Å². The Hall–Kier alpha value is -1.29. The fraction of sp³-hybridized carbons (Fsp3) is 0.643. The topological polar surface area (TPSA) is 54.3 Å². The van der Waals surface area contributed by atoms with Crippen molar-refractivity contribution in [3.63, 3.8) is 0 Å². The third-order valence-corrected chi connectivity index (χ3v) is 3.68. The van der Waals surface area contributed by atoms with E-state index >= 15 is 0 Å². The maximum atomic E-state index is 12.0. The highest BCUT2D eigenvalue weighted by Crippen LogP contribution is 2.29. The Bertz CT molecular complexity index is 381. The summed E-state index contributed by atoms with van der Waals surface area (Å²) in [7, 11) is 0. The molecule has 1 aromatic heterocycles. The zero-order chi connectivity index (χ0) is 13.0. The van der Waals surface area contributed by atoms with Gasteiger partial charge in [0.25, 0.3) is 0 Å². The van der Waals surface area contributed by atoms with Crippen LogP contribution in [0.1, 0.15) is 45.3 Å². The lowest BCUT2D eigenvalue weighted by molar-refractivity contribution is -0.123. The molecule has 2 rings (SSSR count). The fourth-order valence-corrected chi connectivity index (χ4v) is 2.63. The Morgan fingerprint density at radius 2 is 2.22 bits per heavy atom. The SMILES string of the molecule is CC(NC1(C)CCCC1)C(=O)NCc1ccco1. The largest absolute Gasteiger partial charge is 0.467 e. The van der Waals surface area contributed by atoms with Crippen LogP contribution < -0.4 is 10.6 Å². The Kier molecular flexibility index (Phi) is 4.07. The predicted molar refractivity (Wildman–Crippen MR) is 70.0 cm³/mol. The molecule has 1 aromatic rings. The van der Waals surface area contributed by atoms with Gasteiger partial charge in [0.15, 0.2) is 0 Å². The highest BCUT2D eigenvalue weighted by Gasteiger charge is 2.31. The van der Waals surface area contributed by atoms with E-state index in [9.17, 15) is 4.79 Å². The van der Waals surface area contributed by atoms with Gasteiger partial charge < -0.3 is 15.1 Å². The van der Waals surface area contributed by atoms with Crippen LogP contribution in [-0.4, -0.2) is 17.5 Å². The summed E-state index contributed by atoms with van der Waals surface area (Å²) in [6, 6.07) is 3.52. The number of hydrogen-bond acceptors (Lipinski definition) is 3. The smallest absolute Gasteiger partial charge is 0.237 e. The molecule has 2 N–H and O–H groups in total. The molecule has 0 spiro atoms. The zero-order valence-corrected chi connectivity index (χ0v) is 11.2. The normalized spacial score (nSPS) is 19.7. The van der Waals surface area contributed by atoms with Gasteiger partial charge in [-0.1, -0.05) is 12.8 Å². The van der Waals surface area contributed by atoms with E-state index in [0.29, 0.717) is 6.54 Å². The van der Waals surface area contributed by atoms with E-state index in [4.69, 9.17) is 4.42 Å². The minimum absolute atomic E-state index is 0.0273. The van der Waals surface area contributed by atoms with Crippen LogP contribution in [0.25, 0.3) is 0 Å². The number of amides is 1. The first-order valence-electron chi connectivity index (χ1n) is 6.67. The van der Waals surface area contributed by atoms with E-state index < -0.39 is 0 Å². The molecule has 100 valence electrons. The first kappa shape index (κ1) is 13.1. The molecule has 1 unspecified atom stereocenters. The Balaban J connectivity index is 1.77. The lowest BCUT2D eigenvalue weighted by Crippen LogP contribution is -2.51. The van der Waals surface area contributed by atoms with Crippen molar-refractivity contribution in [1.29, 1.82) is 0 Å². The van der Waals surface area contributed by atoms with Crippen molar-refractivity contribution in [3.8, 4) is 0 Å². The molecule has 1 heterocycles. The first-order valence-corrected chi connectivity index (χ1v) is 6.67. The lowest BCUT2D eigenvalue weighted by Gasteiger charge is -2.29. The van der Waals surface area contributed by atoms with Crippen molar-refractivity contribution in [3.05, 3.63) is 24.2 Å². The minimum atomic E-state index is -0.164. The quantitative estimate of drug-likeness (QED) is 0.842. The van der Waals surface area contributed by atoms with Crippen LogP contribution in [0, 0.1) is 0 Å². The molecule has 1 amide bonds. The van der Waals surface area contributed by atoms with E-state index in [1.54, 1.807) is 6.26 Å². The maximum absolute atomic E-state index is 12.0. The molecule has 4 nitrogen and oxygen atoms in total. The lowest BCUT2D eigenvalue weighted by atomic mass is 9.99. The summed E-state index contributed by atoms with van der Waals surface area (Å²) in [6.45, 7) is 4.58. The molecule has 0 saturated heterocycles. The summed E-state index contributed by atoms with van der Waals surface area (Å²) >= 11 is 0. The number of carbonyl (C=O) groups is 1. The van der Waals surface area contributed by atoms with Crippen molar-refractivity contribution < 1.29 is 9.21 Å². The minimum Gasteiger partial charge on any atom is -0.467 e. The molecule has 0 aromatic carbocycles. The molecular formula is C14H22N2O2. The molecule has 0 bridgehead atoms. The molecule has 1 aliphatic rings. The van der Waals surface area contributed by atoms with E-state index in [1.165, 1.54) is 12.8 Å². The van der Waals surface area contributed by atoms with Crippen molar-refractivity contribution in [2.45, 2.75) is 57.7 Å². The van der Waals surface area contributed by atoms with E-state index in [0.717, 1.165) is 18.6 Å². The van der Waals surface area contributed by atoms with Gasteiger partial charge in [0.05, 0.1) is 18.8 Å². The molecule has 1 fully saturated rings. The van der Waals surface area contributed by atoms with Gasteiger partial charge in [-0.25, -0.2) is 0 Å². The fourth-order valence-electron chi connectivity index (χ4n) is 2.63. The average Bonchev–Trinajstić information content (AvgIpc) is 2.97. The second-order valence-corrected chi connectivity index (χ2v) is 5.43. The van der Waals surface area contributed by atoms with Crippen LogP contribution in [0.2, 0.25) is 0 Å². The van der Waals surface area contributed by atoms with Crippen molar-refractivity contribution in [2.24, 2.45) is 0 Å². The second-order valence-electron chi connectivity index (χ2n) is 5.43. The summed E-state index contributed by atoms with van der Waals surface area (Å²) in [4.78, 5) is 12.0. The molecule has 4 heteroatoms. The summed E-state index contributed by atoms with van der Waals surface area (Å²) < 4.78 is 5.18. The molecule has 0 radical (unpaired) electrons. The number of furan rings is 1. The van der Waals surface area contributed by atoms with Gasteiger partial charge in [0.2, 0.25) is 5.91 Å². The van der Waals surface area contributed by atoms with Gasteiger partial charge in [0.1, 0.15) is 5.76 Å². The van der Waals surface area contributed by atoms with Crippen molar-refractivity contribution >= 4 is 5.91 Å². The molecular weight excluding hydrogens is 228 g/mol. The van der Waals surface area contributed by atoms with E-state index in [1.807, 2.05) is 19.1 Å². The van der Waals surface area contributed by atoms with Gasteiger partial charge in [-0.05, 0) is 38.8 Å². The molecule has 1 atom stereocenters. The van der Waals surface area contributed by atoms with Crippen LogP contribution in [-0.2, 0) is 11.3 Å². The number of carbonyl (C=O) groups excluding carboxylic acids is 1. The van der Waals surface area contributed by atoms with Gasteiger partial charge in [-0.15, -0.1) is 0 Å². The van der Waals surface area contributed by atoms with Crippen LogP contribution in [0.4, 0.5) is 0 Å². The van der Waals surface area contributed by atoms with Gasteiger partial charge in [-0.2, -0.15) is 0 Å². The summed E-state index contributed by atoms with van der Waals surface area (Å²) in [5, 5.41) is 6.32. The second kappa shape index (κ2) is 5.57. The van der Waals surface area contributed by atoms with Crippen LogP contribution in [0.3, 0.4) is 0 Å². The number of rotatable bonds is 5. The third kappa shape index (κ3) is 3.35. The first-order chi connectivity index (χ1) is 8.59. The van der Waals surface area contributed by atoms with Gasteiger partial charge >= 0.3 is 0 Å². The molecule has 0 aliphatic heterocycles. The summed E-state index contributed by atoms with van der Waals surface area (Å²) in [5.41, 5.74) is 0.126. The summed E-state index contributed by atoms with van der Waals surface area (Å²) in [6.07, 6.45) is 6.43. The summed E-state index contributed by atoms with van der Waals surface area (Å²) in [5.74, 6) is 0.808. The van der Waals surface area contributed by atoms with Crippen molar-refractivity contribution in [1.82, 2.24) is 10.6 Å². The Morgan fingerprint density at radius 3 is 2.83 bits per heavy atom. The zero-order valence-electron chi connectivity index (χ0n) is 11.2. The average molecular weight is 250 g/mol. The standard InChI is InChI=1S/C14H22N2O2/c1-11(16-14(2)7-3-4-8-14)13(17)15-10-12-6-5-9-18-12/h5-6,9,11,16H,3-4,7-8,10H2,1-2H3,(H,15,17). The van der Waals surface area contributed by atoms with E-state index in [2.05, 4.69) is 17.6 Å². The van der Waals surface area contributed by atoms with Crippen LogP contribution >= 0.6 is 0 Å². The predicted octanol–water partition coefficient (Wildman–Crippen LogP) is 2.21. The monoisotopic (exact) mass is 250 g/mol. The molecule has 1 saturated carbocycles. The highest BCUT2D eigenvalue weighted by atomic mass is 16.3. The maximum Gasteiger partial charge on any atom is 0.237 e. The number of hydrogen-bond donors (Lipinski definition) is 2. The Labute approximate surface area is 108 Å². The Morgan fingerprint density at radius 1 is 1.50 bits per heavy atom. The third-order valence-electron chi connectivity index (χ3n) is 3.68. The highest BCUT2D eigenvalue weighted by molar-refractivity contribution is 5.81. The molecule has 1 aliphatic carbocycles. The van der Waals surface area contributed by atoms with Gasteiger partial charge in [0, 0.05) is 5.54 Å². The van der Waals surface area contributed by atoms with Crippen molar-refractivity contribution in [2.75, 3.05) is 0 Å². The van der Waals surface area contributed by atoms with E-state index in [-0.39, 0.29) is 17.5 Å². The number of nitrogens with one attached hydrogen (secondary N) is 2. The van der Waals surface area contributed by atoms with Crippen LogP contribution in [0.15, 0.2) is 22.8 Å². The molecule has 18 heavy (non-hydrogen) atoms.